The summed E-state index contributed by atoms with van der Waals surface area (Å²) in [6, 6.07) is 17.2. The molecule has 22 heavy (non-hydrogen) atoms. The average Bonchev–Trinajstić information content (AvgIpc) is 2.53. The number of carboxylic acid groups (broad SMARTS) is 1. The molecular weight excluding hydrogens is 278 g/mol. The summed E-state index contributed by atoms with van der Waals surface area (Å²) in [5.41, 5.74) is 2.72. The number of nitrogens with one attached hydrogen (secondary N) is 1. The molecule has 0 aliphatic carbocycles. The zero-order chi connectivity index (χ0) is 15.8. The molecule has 0 aliphatic heterocycles. The number of hydrogen-bond donors (Lipinski definition) is 2. The number of aliphatic carboxylic acids is 1. The van der Waals surface area contributed by atoms with E-state index < -0.39 is 11.9 Å². The highest BCUT2D eigenvalue weighted by molar-refractivity contribution is 6.02. The van der Waals surface area contributed by atoms with Crippen molar-refractivity contribution < 1.29 is 14.7 Å². The lowest BCUT2D eigenvalue weighted by Crippen LogP contribution is -2.08. The molecule has 0 aliphatic rings. The lowest BCUT2D eigenvalue weighted by atomic mass is 10.1. The third-order valence-electron chi connectivity index (χ3n) is 2.82. The number of rotatable bonds is 5. The largest absolute Gasteiger partial charge is 0.478 e. The first-order chi connectivity index (χ1) is 10.6. The fraction of sp³-hybridized carbons (Fsp3) is 0. The van der Waals surface area contributed by atoms with Crippen molar-refractivity contribution in [2.75, 3.05) is 5.32 Å². The van der Waals surface area contributed by atoms with Gasteiger partial charge in [0.15, 0.2) is 0 Å². The first-order valence-corrected chi connectivity index (χ1v) is 6.69. The van der Waals surface area contributed by atoms with Crippen molar-refractivity contribution in [1.29, 1.82) is 0 Å². The van der Waals surface area contributed by atoms with Gasteiger partial charge in [-0.25, -0.2) is 4.79 Å². The van der Waals surface area contributed by atoms with Gasteiger partial charge in [-0.1, -0.05) is 54.6 Å². The lowest BCUT2D eigenvalue weighted by Gasteiger charge is -2.02. The monoisotopic (exact) mass is 293 g/mol. The summed E-state index contributed by atoms with van der Waals surface area (Å²) < 4.78 is 0. The Morgan fingerprint density at radius 2 is 1.41 bits per heavy atom. The number of benzene rings is 2. The molecule has 0 saturated heterocycles. The van der Waals surface area contributed by atoms with E-state index in [9.17, 15) is 9.59 Å². The van der Waals surface area contributed by atoms with Gasteiger partial charge in [-0.05, 0) is 23.3 Å². The van der Waals surface area contributed by atoms with E-state index in [0.29, 0.717) is 5.69 Å². The number of carbonyl (C=O) groups is 2. The molecule has 2 aromatic rings. The molecule has 2 rings (SSSR count). The first kappa shape index (κ1) is 15.3. The summed E-state index contributed by atoms with van der Waals surface area (Å²) in [6.45, 7) is 0. The number of carboxylic acids is 1. The van der Waals surface area contributed by atoms with Crippen molar-refractivity contribution in [3.8, 4) is 0 Å². The second-order valence-corrected chi connectivity index (χ2v) is 4.53. The second kappa shape index (κ2) is 7.59. The molecule has 0 saturated carbocycles. The zero-order valence-electron chi connectivity index (χ0n) is 11.8. The highest BCUT2D eigenvalue weighted by atomic mass is 16.4. The van der Waals surface area contributed by atoms with Gasteiger partial charge in [0.2, 0.25) is 5.91 Å². The first-order valence-electron chi connectivity index (χ1n) is 6.69. The molecule has 0 heterocycles. The van der Waals surface area contributed by atoms with Gasteiger partial charge in [0.05, 0.1) is 0 Å². The van der Waals surface area contributed by atoms with Crippen LogP contribution in [0.25, 0.3) is 12.2 Å². The van der Waals surface area contributed by atoms with Crippen LogP contribution in [0, 0.1) is 0 Å². The molecule has 0 aromatic heterocycles. The Hall–Kier alpha value is -3.14. The molecule has 0 bridgehead atoms. The summed E-state index contributed by atoms with van der Waals surface area (Å²) in [7, 11) is 0. The minimum atomic E-state index is -1.16. The lowest BCUT2D eigenvalue weighted by molar-refractivity contribution is -0.131. The van der Waals surface area contributed by atoms with E-state index in [1.54, 1.807) is 12.1 Å². The molecule has 0 atom stereocenters. The van der Waals surface area contributed by atoms with Crippen molar-refractivity contribution >= 4 is 29.7 Å². The van der Waals surface area contributed by atoms with Gasteiger partial charge >= 0.3 is 5.97 Å². The van der Waals surface area contributed by atoms with E-state index >= 15 is 0 Å². The zero-order valence-corrected chi connectivity index (χ0v) is 11.8. The van der Waals surface area contributed by atoms with E-state index in [1.165, 1.54) is 0 Å². The summed E-state index contributed by atoms with van der Waals surface area (Å²) in [5.74, 6) is -1.63. The van der Waals surface area contributed by atoms with Gasteiger partial charge in [-0.2, -0.15) is 0 Å². The van der Waals surface area contributed by atoms with Crippen LogP contribution in [0.1, 0.15) is 11.1 Å². The predicted octanol–water partition coefficient (Wildman–Crippen LogP) is 3.44. The van der Waals surface area contributed by atoms with Crippen LogP contribution in [-0.2, 0) is 9.59 Å². The summed E-state index contributed by atoms with van der Waals surface area (Å²) >= 11 is 0. The Morgan fingerprint density at radius 3 is 2.00 bits per heavy atom. The van der Waals surface area contributed by atoms with Crippen LogP contribution in [-0.4, -0.2) is 17.0 Å². The molecule has 2 aromatic carbocycles. The minimum Gasteiger partial charge on any atom is -0.478 e. The smallest absolute Gasteiger partial charge is 0.328 e. The van der Waals surface area contributed by atoms with Crippen molar-refractivity contribution in [2.24, 2.45) is 0 Å². The number of anilines is 1. The fourth-order valence-corrected chi connectivity index (χ4v) is 1.77. The normalized spacial score (nSPS) is 10.9. The molecule has 4 heteroatoms. The van der Waals surface area contributed by atoms with Gasteiger partial charge < -0.3 is 10.4 Å². The maximum absolute atomic E-state index is 11.4. The van der Waals surface area contributed by atoms with Gasteiger partial charge in [-0.15, -0.1) is 0 Å². The highest BCUT2D eigenvalue weighted by Crippen LogP contribution is 2.12. The van der Waals surface area contributed by atoms with Gasteiger partial charge in [0.1, 0.15) is 0 Å². The molecule has 110 valence electrons. The van der Waals surface area contributed by atoms with Crippen LogP contribution in [0.15, 0.2) is 66.7 Å². The third kappa shape index (κ3) is 5.09. The fourth-order valence-electron chi connectivity index (χ4n) is 1.77. The molecule has 0 spiro atoms. The van der Waals surface area contributed by atoms with Gasteiger partial charge in [0, 0.05) is 17.8 Å². The van der Waals surface area contributed by atoms with Crippen LogP contribution in [0.4, 0.5) is 5.69 Å². The number of carbonyl (C=O) groups excluding carboxylic acids is 1. The number of hydrogen-bond acceptors (Lipinski definition) is 2. The second-order valence-electron chi connectivity index (χ2n) is 4.53. The Kier molecular flexibility index (Phi) is 5.26. The molecule has 0 fully saturated rings. The standard InChI is InChI=1S/C18H15NO3/c20-17(12-13-18(21)22)19-16-10-8-15(9-11-16)7-6-14-4-2-1-3-5-14/h1-13H,(H,19,20)(H,21,22)/b7-6?,13-12+. The van der Waals surface area contributed by atoms with Crippen LogP contribution in [0.5, 0.6) is 0 Å². The summed E-state index contributed by atoms with van der Waals surface area (Å²) in [4.78, 5) is 21.8. The Morgan fingerprint density at radius 1 is 0.818 bits per heavy atom. The van der Waals surface area contributed by atoms with Crippen LogP contribution >= 0.6 is 0 Å². The topological polar surface area (TPSA) is 66.4 Å². The van der Waals surface area contributed by atoms with Crippen molar-refractivity contribution in [3.05, 3.63) is 77.9 Å². The Balaban J connectivity index is 1.97. The van der Waals surface area contributed by atoms with Crippen molar-refractivity contribution in [1.82, 2.24) is 0 Å². The van der Waals surface area contributed by atoms with Crippen molar-refractivity contribution in [2.45, 2.75) is 0 Å². The molecule has 0 unspecified atom stereocenters. The van der Waals surface area contributed by atoms with E-state index in [4.69, 9.17) is 5.11 Å². The van der Waals surface area contributed by atoms with E-state index in [1.807, 2.05) is 54.6 Å². The maximum atomic E-state index is 11.4. The van der Waals surface area contributed by atoms with E-state index in [0.717, 1.165) is 23.3 Å². The third-order valence-corrected chi connectivity index (χ3v) is 2.82. The minimum absolute atomic E-state index is 0.477. The highest BCUT2D eigenvalue weighted by Gasteiger charge is 1.98. The van der Waals surface area contributed by atoms with Gasteiger partial charge in [-0.3, -0.25) is 4.79 Å². The van der Waals surface area contributed by atoms with E-state index in [2.05, 4.69) is 5.32 Å². The molecule has 4 nitrogen and oxygen atoms in total. The molecule has 1 amide bonds. The van der Waals surface area contributed by atoms with Crippen LogP contribution < -0.4 is 5.32 Å². The molecule has 0 radical (unpaired) electrons. The Bertz CT molecular complexity index is 701. The van der Waals surface area contributed by atoms with Crippen molar-refractivity contribution in [3.63, 3.8) is 0 Å². The number of amides is 1. The SMILES string of the molecule is O=C(O)/C=C/C(=O)Nc1ccc(C=Cc2ccccc2)cc1. The summed E-state index contributed by atoms with van der Waals surface area (Å²) in [6.07, 6.45) is 5.76. The van der Waals surface area contributed by atoms with Crippen LogP contribution in [0.2, 0.25) is 0 Å². The molecular formula is C18H15NO3. The van der Waals surface area contributed by atoms with Gasteiger partial charge in [0.25, 0.3) is 0 Å². The average molecular weight is 293 g/mol. The maximum Gasteiger partial charge on any atom is 0.328 e. The predicted molar refractivity (Wildman–Crippen MR) is 87.2 cm³/mol. The quantitative estimate of drug-likeness (QED) is 0.655. The van der Waals surface area contributed by atoms with E-state index in [-0.39, 0.29) is 0 Å². The Labute approximate surface area is 128 Å². The molecule has 2 N–H and O–H groups in total. The summed E-state index contributed by atoms with van der Waals surface area (Å²) in [5, 5.41) is 11.0. The van der Waals surface area contributed by atoms with Crippen LogP contribution in [0.3, 0.4) is 0 Å².